The zero-order valence-corrected chi connectivity index (χ0v) is 13.2. The van der Waals surface area contributed by atoms with Crippen molar-refractivity contribution in [2.24, 2.45) is 5.92 Å². The molecule has 108 valence electrons. The number of rotatable bonds is 6. The maximum atomic E-state index is 8.45. The lowest BCUT2D eigenvalue weighted by atomic mass is 10.1. The highest BCUT2D eigenvalue weighted by Crippen LogP contribution is 2.10. The van der Waals surface area contributed by atoms with E-state index in [1.165, 1.54) is 6.42 Å². The number of ether oxygens (including phenoxy) is 2. The first-order valence-corrected chi connectivity index (χ1v) is 6.54. The molecule has 0 aliphatic heterocycles. The minimum atomic E-state index is -0.158. The summed E-state index contributed by atoms with van der Waals surface area (Å²) < 4.78 is 9.87. The van der Waals surface area contributed by atoms with Crippen molar-refractivity contribution >= 4 is 0 Å². The molecule has 3 nitrogen and oxygen atoms in total. The predicted octanol–water partition coefficient (Wildman–Crippen LogP) is 3.50. The number of hydrogen-bond donors (Lipinski definition) is 1. The van der Waals surface area contributed by atoms with Gasteiger partial charge in [-0.2, -0.15) is 0 Å². The van der Waals surface area contributed by atoms with E-state index >= 15 is 0 Å². The van der Waals surface area contributed by atoms with Crippen molar-refractivity contribution in [2.45, 2.75) is 60.0 Å². The van der Waals surface area contributed by atoms with Gasteiger partial charge in [0.15, 0.2) is 0 Å². The van der Waals surface area contributed by atoms with Gasteiger partial charge in [-0.25, -0.2) is 0 Å². The monoisotopic (exact) mass is 250 g/mol. The molecule has 0 aromatic rings. The van der Waals surface area contributed by atoms with E-state index in [0.29, 0.717) is 6.42 Å². The summed E-state index contributed by atoms with van der Waals surface area (Å²) in [7, 11) is 3.39. The highest BCUT2D eigenvalue weighted by atomic mass is 16.5. The summed E-state index contributed by atoms with van der Waals surface area (Å²) in [5.74, 6) is 0.778. The van der Waals surface area contributed by atoms with Crippen LogP contribution in [0.15, 0.2) is 0 Å². The van der Waals surface area contributed by atoms with Crippen LogP contribution < -0.4 is 0 Å². The highest BCUT2D eigenvalue weighted by Gasteiger charge is 2.13. The van der Waals surface area contributed by atoms with Crippen LogP contribution in [0.4, 0.5) is 0 Å². The van der Waals surface area contributed by atoms with Gasteiger partial charge in [-0.05, 0) is 32.6 Å². The lowest BCUT2D eigenvalue weighted by molar-refractivity contribution is 0.00293. The van der Waals surface area contributed by atoms with E-state index in [0.717, 1.165) is 12.5 Å². The summed E-state index contributed by atoms with van der Waals surface area (Å²) in [6.45, 7) is 13.4. The third kappa shape index (κ3) is 25.8. The van der Waals surface area contributed by atoms with Gasteiger partial charge in [0.1, 0.15) is 0 Å². The first kappa shape index (κ1) is 22.1. The second kappa shape index (κ2) is 15.9. The Morgan fingerprint density at radius 2 is 1.59 bits per heavy atom. The Morgan fingerprint density at radius 3 is 1.71 bits per heavy atom. The van der Waals surface area contributed by atoms with Crippen LogP contribution in [0.5, 0.6) is 0 Å². The van der Waals surface area contributed by atoms with Gasteiger partial charge >= 0.3 is 0 Å². The molecule has 0 bridgehead atoms. The standard InChI is InChI=1S/C6H14O2.C6H14O.C2H6/c1-6(2,8-3)4-5-7;1-6(2)4-5-7-3;1-2/h7H,4-5H2,1-3H3;6H,4-5H2,1-3H3;1-2H3. The van der Waals surface area contributed by atoms with E-state index in [1.54, 1.807) is 14.2 Å². The van der Waals surface area contributed by atoms with Crippen molar-refractivity contribution in [3.05, 3.63) is 0 Å². The summed E-state index contributed by atoms with van der Waals surface area (Å²) in [4.78, 5) is 0. The number of hydrogen-bond acceptors (Lipinski definition) is 3. The summed E-state index contributed by atoms with van der Waals surface area (Å²) >= 11 is 0. The van der Waals surface area contributed by atoms with Crippen LogP contribution in [0.1, 0.15) is 54.4 Å². The molecular formula is C14H34O3. The van der Waals surface area contributed by atoms with Gasteiger partial charge in [-0.1, -0.05) is 27.7 Å². The van der Waals surface area contributed by atoms with Crippen molar-refractivity contribution in [3.63, 3.8) is 0 Å². The van der Waals surface area contributed by atoms with E-state index in [1.807, 2.05) is 27.7 Å². The summed E-state index contributed by atoms with van der Waals surface area (Å²) in [5, 5.41) is 8.45. The average Bonchev–Trinajstić information content (AvgIpc) is 2.30. The third-order valence-electron chi connectivity index (χ3n) is 2.17. The Bertz CT molecular complexity index is 123. The molecule has 0 amide bonds. The van der Waals surface area contributed by atoms with Crippen molar-refractivity contribution in [3.8, 4) is 0 Å². The van der Waals surface area contributed by atoms with Crippen molar-refractivity contribution in [1.82, 2.24) is 0 Å². The van der Waals surface area contributed by atoms with Crippen LogP contribution >= 0.6 is 0 Å². The number of methoxy groups -OCH3 is 2. The molecule has 0 aliphatic rings. The molecule has 0 atom stereocenters. The Labute approximate surface area is 109 Å². The largest absolute Gasteiger partial charge is 0.396 e. The second-order valence-electron chi connectivity index (χ2n) is 4.61. The second-order valence-corrected chi connectivity index (χ2v) is 4.61. The van der Waals surface area contributed by atoms with Crippen molar-refractivity contribution in [2.75, 3.05) is 27.4 Å². The van der Waals surface area contributed by atoms with E-state index < -0.39 is 0 Å². The van der Waals surface area contributed by atoms with Gasteiger partial charge in [0, 0.05) is 27.4 Å². The molecule has 0 fully saturated rings. The van der Waals surface area contributed by atoms with Crippen LogP contribution in [0, 0.1) is 5.92 Å². The molecule has 0 radical (unpaired) electrons. The maximum Gasteiger partial charge on any atom is 0.0644 e. The molecule has 0 aromatic carbocycles. The highest BCUT2D eigenvalue weighted by molar-refractivity contribution is 4.65. The van der Waals surface area contributed by atoms with Crippen LogP contribution in [-0.4, -0.2) is 38.1 Å². The zero-order chi connectivity index (χ0) is 14.3. The van der Waals surface area contributed by atoms with Crippen LogP contribution in [0.25, 0.3) is 0 Å². The van der Waals surface area contributed by atoms with Crippen LogP contribution in [0.3, 0.4) is 0 Å². The Kier molecular flexibility index (Phi) is 20.6. The molecule has 0 spiro atoms. The zero-order valence-electron chi connectivity index (χ0n) is 13.2. The van der Waals surface area contributed by atoms with Crippen molar-refractivity contribution < 1.29 is 14.6 Å². The number of aliphatic hydroxyl groups is 1. The SMILES string of the molecule is CC.COC(C)(C)CCO.COCCC(C)C. The van der Waals surface area contributed by atoms with Gasteiger partial charge < -0.3 is 14.6 Å². The Balaban J connectivity index is -0.000000202. The molecule has 0 rings (SSSR count). The minimum Gasteiger partial charge on any atom is -0.396 e. The smallest absolute Gasteiger partial charge is 0.0644 e. The van der Waals surface area contributed by atoms with Gasteiger partial charge in [-0.3, -0.25) is 0 Å². The van der Waals surface area contributed by atoms with E-state index in [2.05, 4.69) is 13.8 Å². The summed E-state index contributed by atoms with van der Waals surface area (Å²) in [6, 6.07) is 0. The third-order valence-corrected chi connectivity index (χ3v) is 2.17. The lowest BCUT2D eigenvalue weighted by Crippen LogP contribution is -2.23. The molecule has 1 N–H and O–H groups in total. The first-order valence-electron chi connectivity index (χ1n) is 6.54. The first-order chi connectivity index (χ1) is 7.89. The molecule has 0 saturated heterocycles. The van der Waals surface area contributed by atoms with E-state index in [9.17, 15) is 0 Å². The molecule has 0 aliphatic carbocycles. The molecular weight excluding hydrogens is 216 g/mol. The molecule has 0 saturated carbocycles. The van der Waals surface area contributed by atoms with Crippen LogP contribution in [-0.2, 0) is 9.47 Å². The minimum absolute atomic E-state index is 0.158. The predicted molar refractivity (Wildman–Crippen MR) is 75.5 cm³/mol. The Morgan fingerprint density at radius 1 is 1.12 bits per heavy atom. The van der Waals surface area contributed by atoms with Gasteiger partial charge in [0.05, 0.1) is 5.60 Å². The number of aliphatic hydroxyl groups excluding tert-OH is 1. The molecule has 0 heterocycles. The van der Waals surface area contributed by atoms with Gasteiger partial charge in [0.2, 0.25) is 0 Å². The molecule has 0 unspecified atom stereocenters. The van der Waals surface area contributed by atoms with Gasteiger partial charge in [0.25, 0.3) is 0 Å². The van der Waals surface area contributed by atoms with E-state index in [4.69, 9.17) is 14.6 Å². The summed E-state index contributed by atoms with van der Waals surface area (Å²) in [5.41, 5.74) is -0.158. The molecule has 0 aromatic heterocycles. The average molecular weight is 250 g/mol. The Hall–Kier alpha value is -0.120. The fraction of sp³-hybridized carbons (Fsp3) is 1.00. The van der Waals surface area contributed by atoms with Crippen LogP contribution in [0.2, 0.25) is 0 Å². The summed E-state index contributed by atoms with van der Waals surface area (Å²) in [6.07, 6.45) is 1.88. The lowest BCUT2D eigenvalue weighted by Gasteiger charge is -2.20. The van der Waals surface area contributed by atoms with Gasteiger partial charge in [-0.15, -0.1) is 0 Å². The maximum absolute atomic E-state index is 8.45. The fourth-order valence-corrected chi connectivity index (χ4v) is 0.725. The molecule has 3 heteroatoms. The fourth-order valence-electron chi connectivity index (χ4n) is 0.725. The topological polar surface area (TPSA) is 38.7 Å². The normalized spacial score (nSPS) is 10.2. The molecule has 17 heavy (non-hydrogen) atoms. The van der Waals surface area contributed by atoms with E-state index in [-0.39, 0.29) is 12.2 Å². The van der Waals surface area contributed by atoms with Crippen molar-refractivity contribution in [1.29, 1.82) is 0 Å². The quantitative estimate of drug-likeness (QED) is 0.784.